The highest BCUT2D eigenvalue weighted by molar-refractivity contribution is 9.11. The zero-order valence-corrected chi connectivity index (χ0v) is 11.7. The van der Waals surface area contributed by atoms with Crippen LogP contribution in [-0.2, 0) is 4.74 Å². The third-order valence-corrected chi connectivity index (χ3v) is 5.91. The van der Waals surface area contributed by atoms with Gasteiger partial charge in [-0.1, -0.05) is 27.7 Å². The van der Waals surface area contributed by atoms with Crippen molar-refractivity contribution in [2.45, 2.75) is 29.5 Å². The van der Waals surface area contributed by atoms with E-state index < -0.39 is 6.10 Å². The highest BCUT2D eigenvalue weighted by atomic mass is 79.9. The molecule has 0 aromatic carbocycles. The van der Waals surface area contributed by atoms with E-state index in [0.29, 0.717) is 4.67 Å². The zero-order valence-electron chi connectivity index (χ0n) is 7.75. The molecule has 0 radical (unpaired) electrons. The second-order valence-corrected chi connectivity index (χ2v) is 7.15. The minimum atomic E-state index is -0.549. The summed E-state index contributed by atoms with van der Waals surface area (Å²) in [6.45, 7) is 4.25. The van der Waals surface area contributed by atoms with Gasteiger partial charge in [0.15, 0.2) is 9.76 Å². The molecule has 14 heavy (non-hydrogen) atoms. The van der Waals surface area contributed by atoms with E-state index in [-0.39, 0.29) is 9.57 Å². The summed E-state index contributed by atoms with van der Waals surface area (Å²) in [5.74, 6) is 0. The van der Waals surface area contributed by atoms with E-state index in [1.165, 1.54) is 0 Å². The first kappa shape index (κ1) is 11.0. The number of aliphatic hydroxyl groups is 1. The Morgan fingerprint density at radius 1 is 1.57 bits per heavy atom. The van der Waals surface area contributed by atoms with Gasteiger partial charge in [-0.3, -0.25) is 0 Å². The largest absolute Gasteiger partial charge is 0.443 e. The van der Waals surface area contributed by atoms with Gasteiger partial charge in [-0.25, -0.2) is 0 Å². The second-order valence-electron chi connectivity index (χ2n) is 3.83. The van der Waals surface area contributed by atoms with Gasteiger partial charge in [-0.15, -0.1) is 0 Å². The number of hydrogen-bond donors (Lipinski definition) is 1. The second kappa shape index (κ2) is 3.54. The average molecular weight is 342 g/mol. The molecule has 0 spiro atoms. The van der Waals surface area contributed by atoms with Crippen molar-refractivity contribution >= 4 is 43.6 Å². The van der Waals surface area contributed by atoms with Crippen LogP contribution >= 0.6 is 43.6 Å². The van der Waals surface area contributed by atoms with Gasteiger partial charge in [0.2, 0.25) is 0 Å². The van der Waals surface area contributed by atoms with Crippen LogP contribution in [0.3, 0.4) is 0 Å². The predicted molar refractivity (Wildman–Crippen MR) is 65.5 cm³/mol. The van der Waals surface area contributed by atoms with Crippen molar-refractivity contribution in [3.05, 3.63) is 21.4 Å². The Hall–Kier alpha value is 0.550. The molecule has 0 saturated heterocycles. The van der Waals surface area contributed by atoms with E-state index >= 15 is 0 Å². The first-order valence-electron chi connectivity index (χ1n) is 4.22. The first-order chi connectivity index (χ1) is 6.42. The molecule has 2 heterocycles. The maximum atomic E-state index is 9.86. The van der Waals surface area contributed by atoms with Gasteiger partial charge >= 0.3 is 0 Å². The lowest BCUT2D eigenvalue weighted by atomic mass is 9.98. The monoisotopic (exact) mass is 340 g/mol. The fourth-order valence-electron chi connectivity index (χ4n) is 1.51. The number of aliphatic hydroxyl groups excluding tert-OH is 1. The summed E-state index contributed by atoms with van der Waals surface area (Å²) in [6.07, 6.45) is 1.11. The standard InChI is InChI=1S/C9H10Br2O2S/c1-9(2)7(11)6-4(12)3-5(10)13-8(6)14-9/h3-4,7,12H,1-2H3/t4-,7+/m0/s1. The number of alkyl halides is 1. The van der Waals surface area contributed by atoms with Crippen molar-refractivity contribution < 1.29 is 9.84 Å². The third-order valence-electron chi connectivity index (χ3n) is 2.27. The maximum Gasteiger partial charge on any atom is 0.169 e. The van der Waals surface area contributed by atoms with Crippen molar-refractivity contribution in [2.75, 3.05) is 0 Å². The number of halogens is 2. The van der Waals surface area contributed by atoms with Crippen LogP contribution in [0.25, 0.3) is 0 Å². The van der Waals surface area contributed by atoms with Crippen molar-refractivity contribution in [3.8, 4) is 0 Å². The van der Waals surface area contributed by atoms with Crippen molar-refractivity contribution in [3.63, 3.8) is 0 Å². The van der Waals surface area contributed by atoms with E-state index in [1.807, 2.05) is 0 Å². The Kier molecular flexibility index (Phi) is 2.79. The Labute approximate surface area is 104 Å². The summed E-state index contributed by atoms with van der Waals surface area (Å²) in [4.78, 5) is 0.154. The average Bonchev–Trinajstić information content (AvgIpc) is 2.21. The van der Waals surface area contributed by atoms with Gasteiger partial charge < -0.3 is 9.84 Å². The van der Waals surface area contributed by atoms with E-state index in [4.69, 9.17) is 4.74 Å². The van der Waals surface area contributed by atoms with Crippen molar-refractivity contribution in [2.24, 2.45) is 0 Å². The molecule has 2 aliphatic heterocycles. The SMILES string of the molecule is CC1(C)SC2=C([C@H]1Br)[C@@H](O)C=C(Br)O2. The maximum absolute atomic E-state index is 9.86. The molecule has 0 saturated carbocycles. The van der Waals surface area contributed by atoms with E-state index in [0.717, 1.165) is 10.7 Å². The molecule has 2 rings (SSSR count). The van der Waals surface area contributed by atoms with Crippen molar-refractivity contribution in [1.82, 2.24) is 0 Å². The molecule has 0 unspecified atom stereocenters. The molecular weight excluding hydrogens is 332 g/mol. The highest BCUT2D eigenvalue weighted by Crippen LogP contribution is 2.53. The van der Waals surface area contributed by atoms with E-state index in [2.05, 4.69) is 45.7 Å². The summed E-state index contributed by atoms with van der Waals surface area (Å²) >= 11 is 8.48. The molecule has 0 fully saturated rings. The summed E-state index contributed by atoms with van der Waals surface area (Å²) in [6, 6.07) is 0. The number of thioether (sulfide) groups is 1. The molecule has 1 N–H and O–H groups in total. The van der Waals surface area contributed by atoms with Crippen LogP contribution in [0.15, 0.2) is 21.4 Å². The van der Waals surface area contributed by atoms with Gasteiger partial charge in [0.1, 0.15) is 6.10 Å². The Bertz CT molecular complexity index is 336. The molecule has 78 valence electrons. The quantitative estimate of drug-likeness (QED) is 0.686. The lowest BCUT2D eigenvalue weighted by Crippen LogP contribution is -2.28. The minimum absolute atomic E-state index is 0.0249. The number of hydrogen-bond acceptors (Lipinski definition) is 3. The Morgan fingerprint density at radius 3 is 2.86 bits per heavy atom. The topological polar surface area (TPSA) is 29.5 Å². The predicted octanol–water partition coefficient (Wildman–Crippen LogP) is 3.11. The molecule has 2 atom stereocenters. The smallest absolute Gasteiger partial charge is 0.169 e. The molecule has 0 amide bonds. The van der Waals surface area contributed by atoms with Gasteiger partial charge in [0, 0.05) is 10.3 Å². The molecular formula is C9H10Br2O2S. The van der Waals surface area contributed by atoms with Crippen LogP contribution < -0.4 is 0 Å². The van der Waals surface area contributed by atoms with Crippen LogP contribution in [0.2, 0.25) is 0 Å². The van der Waals surface area contributed by atoms with Crippen LogP contribution in [0.5, 0.6) is 0 Å². The first-order valence-corrected chi connectivity index (χ1v) is 6.75. The summed E-state index contributed by atoms with van der Waals surface area (Å²) in [5, 5.41) is 10.7. The van der Waals surface area contributed by atoms with E-state index in [1.54, 1.807) is 17.8 Å². The molecule has 0 aliphatic carbocycles. The lowest BCUT2D eigenvalue weighted by molar-refractivity contribution is 0.227. The zero-order chi connectivity index (χ0) is 10.5. The third kappa shape index (κ3) is 1.68. The van der Waals surface area contributed by atoms with Gasteiger partial charge in [0.25, 0.3) is 0 Å². The molecule has 2 nitrogen and oxygen atoms in total. The van der Waals surface area contributed by atoms with Gasteiger partial charge in [-0.2, -0.15) is 0 Å². The van der Waals surface area contributed by atoms with Crippen LogP contribution in [-0.4, -0.2) is 20.8 Å². The Balaban J connectivity index is 2.34. The van der Waals surface area contributed by atoms with Crippen LogP contribution in [0, 0.1) is 0 Å². The highest BCUT2D eigenvalue weighted by Gasteiger charge is 2.45. The lowest BCUT2D eigenvalue weighted by Gasteiger charge is -2.23. The number of rotatable bonds is 0. The summed E-state index contributed by atoms with van der Waals surface area (Å²) in [7, 11) is 0. The number of ether oxygens (including phenoxy) is 1. The molecule has 0 bridgehead atoms. The summed E-state index contributed by atoms with van der Waals surface area (Å²) in [5.41, 5.74) is 0.934. The molecule has 5 heteroatoms. The molecule has 2 aliphatic rings. The molecule has 0 aromatic rings. The Morgan fingerprint density at radius 2 is 2.21 bits per heavy atom. The van der Waals surface area contributed by atoms with Gasteiger partial charge in [-0.05, 0) is 35.9 Å². The summed E-state index contributed by atoms with van der Waals surface area (Å²) < 4.78 is 6.13. The van der Waals surface area contributed by atoms with E-state index in [9.17, 15) is 5.11 Å². The molecule has 0 aromatic heterocycles. The van der Waals surface area contributed by atoms with Gasteiger partial charge in [0.05, 0.1) is 4.83 Å². The van der Waals surface area contributed by atoms with Crippen LogP contribution in [0.4, 0.5) is 0 Å². The fourth-order valence-corrected chi connectivity index (χ4v) is 4.14. The van der Waals surface area contributed by atoms with Crippen molar-refractivity contribution in [1.29, 1.82) is 0 Å². The fraction of sp³-hybridized carbons (Fsp3) is 0.556. The minimum Gasteiger partial charge on any atom is -0.443 e. The normalized spacial score (nSPS) is 35.1. The van der Waals surface area contributed by atoms with Crippen LogP contribution in [0.1, 0.15) is 13.8 Å².